The second kappa shape index (κ2) is 16.2. The van der Waals surface area contributed by atoms with Crippen molar-refractivity contribution < 1.29 is 4.42 Å². The molecule has 6 heteroatoms. The topological polar surface area (TPSA) is 61.7 Å². The third-order valence-electron chi connectivity index (χ3n) is 15.3. The maximum absolute atomic E-state index is 7.17. The Morgan fingerprint density at radius 1 is 0.280 bits per heavy atom. The Kier molecular flexibility index (Phi) is 8.94. The average molecular weight is 956 g/mol. The van der Waals surface area contributed by atoms with Gasteiger partial charge in [0.1, 0.15) is 11.2 Å². The predicted molar refractivity (Wildman–Crippen MR) is 310 cm³/mol. The molecule has 16 rings (SSSR count). The fourth-order valence-electron chi connectivity index (χ4n) is 11.8. The third-order valence-corrected chi connectivity index (χ3v) is 15.3. The molecule has 0 aliphatic carbocycles. The van der Waals surface area contributed by atoms with Crippen molar-refractivity contribution in [2.75, 3.05) is 0 Å². The molecule has 75 heavy (non-hydrogen) atoms. The molecule has 12 aromatic carbocycles. The Morgan fingerprint density at radius 2 is 0.800 bits per heavy atom. The van der Waals surface area contributed by atoms with Crippen molar-refractivity contribution in [2.24, 2.45) is 0 Å². The molecule has 0 radical (unpaired) electrons. The second-order valence-electron chi connectivity index (χ2n) is 19.6. The molecule has 16 aromatic rings. The van der Waals surface area contributed by atoms with Gasteiger partial charge < -0.3 is 13.6 Å². The molecule has 6 nitrogen and oxygen atoms in total. The lowest BCUT2D eigenvalue weighted by Crippen LogP contribution is -2.02. The van der Waals surface area contributed by atoms with E-state index in [-0.39, 0.29) is 0 Å². The highest BCUT2D eigenvalue weighted by Crippen LogP contribution is 2.45. The Labute approximate surface area is 429 Å². The number of hydrogen-bond acceptors (Lipinski definition) is 4. The molecule has 0 saturated heterocycles. The molecule has 0 unspecified atom stereocenters. The number of furan rings is 1. The van der Waals surface area contributed by atoms with Crippen molar-refractivity contribution in [3.8, 4) is 56.7 Å². The highest BCUT2D eigenvalue weighted by Gasteiger charge is 2.24. The molecule has 0 atom stereocenters. The minimum atomic E-state index is 0.536. The van der Waals surface area contributed by atoms with E-state index in [0.29, 0.717) is 17.5 Å². The minimum absolute atomic E-state index is 0.536. The van der Waals surface area contributed by atoms with Gasteiger partial charge in [-0.25, -0.2) is 15.0 Å². The number of para-hydroxylation sites is 2. The fraction of sp³-hybridized carbons (Fsp3) is 0. The Balaban J connectivity index is 1.00. The Morgan fingerprint density at radius 3 is 1.51 bits per heavy atom. The third kappa shape index (κ3) is 6.50. The first kappa shape index (κ1) is 41.4. The van der Waals surface area contributed by atoms with E-state index in [1.54, 1.807) is 0 Å². The first-order valence-corrected chi connectivity index (χ1v) is 25.4. The number of nitrogens with zero attached hydrogens (tertiary/aromatic N) is 5. The van der Waals surface area contributed by atoms with Crippen molar-refractivity contribution in [1.29, 1.82) is 0 Å². The van der Waals surface area contributed by atoms with Gasteiger partial charge in [-0.05, 0) is 111 Å². The number of fused-ring (bicyclic) bond motifs is 13. The highest BCUT2D eigenvalue weighted by molar-refractivity contribution is 6.21. The Bertz CT molecular complexity index is 4920. The van der Waals surface area contributed by atoms with E-state index in [1.165, 1.54) is 37.7 Å². The van der Waals surface area contributed by atoms with Gasteiger partial charge in [0.2, 0.25) is 0 Å². The molecule has 0 bridgehead atoms. The van der Waals surface area contributed by atoms with E-state index in [0.717, 1.165) is 99.4 Å². The molecule has 0 fully saturated rings. The van der Waals surface area contributed by atoms with Crippen molar-refractivity contribution in [1.82, 2.24) is 24.1 Å². The zero-order valence-corrected chi connectivity index (χ0v) is 40.3. The molecule has 0 amide bonds. The Hall–Kier alpha value is -10.2. The van der Waals surface area contributed by atoms with Crippen molar-refractivity contribution in [3.63, 3.8) is 0 Å². The first-order chi connectivity index (χ1) is 37.1. The van der Waals surface area contributed by atoms with Crippen LogP contribution in [0.5, 0.6) is 0 Å². The summed E-state index contributed by atoms with van der Waals surface area (Å²) in [5.41, 5.74) is 12.8. The summed E-state index contributed by atoms with van der Waals surface area (Å²) in [4.78, 5) is 16.3. The van der Waals surface area contributed by atoms with Crippen molar-refractivity contribution >= 4 is 97.9 Å². The van der Waals surface area contributed by atoms with E-state index < -0.39 is 0 Å². The molecule has 0 saturated carbocycles. The summed E-state index contributed by atoms with van der Waals surface area (Å²) in [5.74, 6) is 1.68. The van der Waals surface area contributed by atoms with E-state index in [1.807, 2.05) is 6.07 Å². The predicted octanol–water partition coefficient (Wildman–Crippen LogP) is 18.1. The van der Waals surface area contributed by atoms with Gasteiger partial charge in [0.05, 0.1) is 33.1 Å². The minimum Gasteiger partial charge on any atom is -0.455 e. The summed E-state index contributed by atoms with van der Waals surface area (Å²) in [6.07, 6.45) is 0. The van der Waals surface area contributed by atoms with Crippen LogP contribution in [-0.4, -0.2) is 24.1 Å². The van der Waals surface area contributed by atoms with Crippen LogP contribution >= 0.6 is 0 Å². The molecule has 4 heterocycles. The van der Waals surface area contributed by atoms with Gasteiger partial charge in [0.25, 0.3) is 0 Å². The smallest absolute Gasteiger partial charge is 0.164 e. The van der Waals surface area contributed by atoms with E-state index in [2.05, 4.69) is 252 Å². The van der Waals surface area contributed by atoms with Crippen LogP contribution in [0.4, 0.5) is 0 Å². The summed E-state index contributed by atoms with van der Waals surface area (Å²) >= 11 is 0. The standard InChI is InChI=1S/C69H41N5O/c1-3-16-42(17-4-1)44-23-15-24-49(34-44)67-70-68(50-31-32-55-54-28-13-14-29-59(54)73(60(55)39-50)52-25-5-2-6-26-52)72-69(71-67)51-40-63(65-56-33-30-43-18-11-12-27-53(43)66(56)75-64(65)41-51)74-61-37-47-21-9-7-19-45(47)35-57(61)58-36-46-20-8-10-22-48(46)38-62(58)74/h1-41H. The van der Waals surface area contributed by atoms with Gasteiger partial charge in [-0.3, -0.25) is 0 Å². The fourth-order valence-corrected chi connectivity index (χ4v) is 11.8. The SMILES string of the molecule is c1ccc(-c2cccc(-c3nc(-c4cc(-n5c6cc7ccccc7cc6c6cc7ccccc7cc65)c5c(c4)oc4c6ccccc6ccc45)nc(-c4ccc5c6ccccc6n(-c6ccccc6)c5c4)n3)c2)cc1. The molecule has 0 aliphatic rings. The molecule has 0 N–H and O–H groups in total. The number of hydrogen-bond donors (Lipinski definition) is 0. The van der Waals surface area contributed by atoms with E-state index in [9.17, 15) is 0 Å². The van der Waals surface area contributed by atoms with Crippen molar-refractivity contribution in [3.05, 3.63) is 249 Å². The van der Waals surface area contributed by atoms with Gasteiger partial charge in [-0.2, -0.15) is 0 Å². The summed E-state index contributed by atoms with van der Waals surface area (Å²) in [5, 5.41) is 13.7. The van der Waals surface area contributed by atoms with E-state index >= 15 is 0 Å². The molecular weight excluding hydrogens is 915 g/mol. The van der Waals surface area contributed by atoms with Crippen LogP contribution in [0.15, 0.2) is 253 Å². The molecule has 4 aromatic heterocycles. The zero-order chi connectivity index (χ0) is 49.1. The van der Waals surface area contributed by atoms with Crippen LogP contribution in [-0.2, 0) is 0 Å². The van der Waals surface area contributed by atoms with Crippen LogP contribution in [0.2, 0.25) is 0 Å². The highest BCUT2D eigenvalue weighted by atomic mass is 16.3. The van der Waals surface area contributed by atoms with Gasteiger partial charge in [-0.15, -0.1) is 0 Å². The molecule has 348 valence electrons. The lowest BCUT2D eigenvalue weighted by Gasteiger charge is -2.14. The number of rotatable bonds is 6. The van der Waals surface area contributed by atoms with Crippen LogP contribution < -0.4 is 0 Å². The maximum atomic E-state index is 7.17. The van der Waals surface area contributed by atoms with Crippen molar-refractivity contribution in [2.45, 2.75) is 0 Å². The van der Waals surface area contributed by atoms with Gasteiger partial charge in [0.15, 0.2) is 17.5 Å². The first-order valence-electron chi connectivity index (χ1n) is 25.4. The quantitative estimate of drug-likeness (QED) is 0.167. The van der Waals surface area contributed by atoms with Crippen LogP contribution in [0, 0.1) is 0 Å². The molecule has 0 spiro atoms. The largest absolute Gasteiger partial charge is 0.455 e. The second-order valence-corrected chi connectivity index (χ2v) is 19.6. The normalized spacial score (nSPS) is 12.0. The van der Waals surface area contributed by atoms with E-state index in [4.69, 9.17) is 19.4 Å². The van der Waals surface area contributed by atoms with Gasteiger partial charge in [0, 0.05) is 54.7 Å². The van der Waals surface area contributed by atoms with Crippen LogP contribution in [0.3, 0.4) is 0 Å². The lowest BCUT2D eigenvalue weighted by atomic mass is 10.0. The molecular formula is C69H41N5O. The summed E-state index contributed by atoms with van der Waals surface area (Å²) in [7, 11) is 0. The summed E-state index contributed by atoms with van der Waals surface area (Å²) < 4.78 is 12.0. The molecule has 0 aliphatic heterocycles. The van der Waals surface area contributed by atoms with Crippen LogP contribution in [0.1, 0.15) is 0 Å². The van der Waals surface area contributed by atoms with Gasteiger partial charge >= 0.3 is 0 Å². The van der Waals surface area contributed by atoms with Gasteiger partial charge in [-0.1, -0.05) is 176 Å². The number of benzene rings is 12. The summed E-state index contributed by atoms with van der Waals surface area (Å²) in [6, 6.07) is 88.7. The average Bonchev–Trinajstić information content (AvgIpc) is 4.18. The maximum Gasteiger partial charge on any atom is 0.164 e. The van der Waals surface area contributed by atoms with Crippen LogP contribution in [0.25, 0.3) is 155 Å². The number of aromatic nitrogens is 5. The lowest BCUT2D eigenvalue weighted by molar-refractivity contribution is 0.672. The summed E-state index contributed by atoms with van der Waals surface area (Å²) in [6.45, 7) is 0. The monoisotopic (exact) mass is 955 g/mol. The zero-order valence-electron chi connectivity index (χ0n) is 40.3.